The SMILES string of the molecule is CCCCCC=CCC=CCCCCCCCC(=O)N(CC)CC. The predicted octanol–water partition coefficient (Wildman–Crippen LogP) is 6.67. The molecule has 1 amide bonds. The molecule has 0 atom stereocenters. The van der Waals surface area contributed by atoms with Crippen molar-refractivity contribution in [3.05, 3.63) is 24.3 Å². The van der Waals surface area contributed by atoms with Crippen LogP contribution in [0.15, 0.2) is 24.3 Å². The Kier molecular flexibility index (Phi) is 17.5. The van der Waals surface area contributed by atoms with Gasteiger partial charge in [0, 0.05) is 19.5 Å². The zero-order valence-corrected chi connectivity index (χ0v) is 16.6. The summed E-state index contributed by atoms with van der Waals surface area (Å²) >= 11 is 0. The summed E-state index contributed by atoms with van der Waals surface area (Å²) in [6.45, 7) is 8.04. The van der Waals surface area contributed by atoms with Gasteiger partial charge >= 0.3 is 0 Å². The Labute approximate surface area is 151 Å². The number of amides is 1. The maximum absolute atomic E-state index is 11.9. The summed E-state index contributed by atoms with van der Waals surface area (Å²) in [5.74, 6) is 0.325. The second-order valence-electron chi connectivity index (χ2n) is 6.55. The molecule has 0 N–H and O–H groups in total. The molecule has 2 nitrogen and oxygen atoms in total. The molecule has 2 heteroatoms. The second-order valence-corrected chi connectivity index (χ2v) is 6.55. The fourth-order valence-electron chi connectivity index (χ4n) is 2.82. The number of hydrogen-bond acceptors (Lipinski definition) is 1. The van der Waals surface area contributed by atoms with Gasteiger partial charge < -0.3 is 4.90 Å². The van der Waals surface area contributed by atoms with Crippen LogP contribution in [0.3, 0.4) is 0 Å². The minimum atomic E-state index is 0.325. The molecule has 24 heavy (non-hydrogen) atoms. The quantitative estimate of drug-likeness (QED) is 0.228. The fraction of sp³-hybridized carbons (Fsp3) is 0.773. The molecule has 140 valence electrons. The van der Waals surface area contributed by atoms with Crippen LogP contribution >= 0.6 is 0 Å². The second kappa shape index (κ2) is 18.3. The lowest BCUT2D eigenvalue weighted by atomic mass is 10.1. The Morgan fingerprint density at radius 1 is 0.708 bits per heavy atom. The molecule has 0 spiro atoms. The van der Waals surface area contributed by atoms with Gasteiger partial charge in [0.15, 0.2) is 0 Å². The van der Waals surface area contributed by atoms with E-state index in [1.807, 2.05) is 4.90 Å². The molecule has 0 aliphatic heterocycles. The van der Waals surface area contributed by atoms with E-state index in [1.54, 1.807) is 0 Å². The van der Waals surface area contributed by atoms with Gasteiger partial charge in [0.2, 0.25) is 5.91 Å². The third-order valence-electron chi connectivity index (χ3n) is 4.46. The topological polar surface area (TPSA) is 20.3 Å². The Hall–Kier alpha value is -1.05. The molecular formula is C22H41NO. The van der Waals surface area contributed by atoms with Crippen molar-refractivity contribution in [2.75, 3.05) is 13.1 Å². The molecule has 0 aliphatic carbocycles. The molecule has 0 heterocycles. The van der Waals surface area contributed by atoms with E-state index in [0.717, 1.165) is 32.4 Å². The van der Waals surface area contributed by atoms with Crippen molar-refractivity contribution in [2.24, 2.45) is 0 Å². The summed E-state index contributed by atoms with van der Waals surface area (Å²) in [4.78, 5) is 13.8. The number of nitrogens with zero attached hydrogens (tertiary/aromatic N) is 1. The average molecular weight is 336 g/mol. The van der Waals surface area contributed by atoms with E-state index < -0.39 is 0 Å². The van der Waals surface area contributed by atoms with Crippen LogP contribution in [0, 0.1) is 0 Å². The van der Waals surface area contributed by atoms with Gasteiger partial charge in [-0.25, -0.2) is 0 Å². The molecule has 0 aliphatic rings. The van der Waals surface area contributed by atoms with Crippen molar-refractivity contribution < 1.29 is 4.79 Å². The number of carbonyl (C=O) groups excluding carboxylic acids is 1. The van der Waals surface area contributed by atoms with E-state index in [-0.39, 0.29) is 0 Å². The zero-order chi connectivity index (χ0) is 17.9. The highest BCUT2D eigenvalue weighted by atomic mass is 16.2. The van der Waals surface area contributed by atoms with Crippen LogP contribution in [-0.2, 0) is 4.79 Å². The summed E-state index contributed by atoms with van der Waals surface area (Å²) in [5, 5.41) is 0. The van der Waals surface area contributed by atoms with Gasteiger partial charge in [-0.2, -0.15) is 0 Å². The third-order valence-corrected chi connectivity index (χ3v) is 4.46. The van der Waals surface area contributed by atoms with Crippen molar-refractivity contribution in [1.29, 1.82) is 0 Å². The molecule has 0 saturated carbocycles. The Bertz CT molecular complexity index is 329. The monoisotopic (exact) mass is 335 g/mol. The average Bonchev–Trinajstić information content (AvgIpc) is 2.59. The number of allylic oxidation sites excluding steroid dienone is 4. The highest BCUT2D eigenvalue weighted by Crippen LogP contribution is 2.09. The highest BCUT2D eigenvalue weighted by Gasteiger charge is 2.07. The number of unbranched alkanes of at least 4 members (excludes halogenated alkanes) is 8. The third kappa shape index (κ3) is 14.5. The summed E-state index contributed by atoms with van der Waals surface area (Å²) in [7, 11) is 0. The Morgan fingerprint density at radius 3 is 1.83 bits per heavy atom. The summed E-state index contributed by atoms with van der Waals surface area (Å²) in [5.41, 5.74) is 0. The molecule has 0 radical (unpaired) electrons. The summed E-state index contributed by atoms with van der Waals surface area (Å²) in [6.07, 6.45) is 23.5. The molecule has 0 aromatic heterocycles. The molecule has 0 saturated heterocycles. The van der Waals surface area contributed by atoms with Gasteiger partial charge in [0.05, 0.1) is 0 Å². The maximum atomic E-state index is 11.9. The highest BCUT2D eigenvalue weighted by molar-refractivity contribution is 5.75. The van der Waals surface area contributed by atoms with Crippen molar-refractivity contribution in [3.63, 3.8) is 0 Å². The largest absolute Gasteiger partial charge is 0.343 e. The molecule has 0 rings (SSSR count). The minimum absolute atomic E-state index is 0.325. The lowest BCUT2D eigenvalue weighted by Crippen LogP contribution is -2.30. The van der Waals surface area contributed by atoms with Crippen LogP contribution in [-0.4, -0.2) is 23.9 Å². The molecule has 0 fully saturated rings. The van der Waals surface area contributed by atoms with Gasteiger partial charge in [-0.1, -0.05) is 63.3 Å². The first-order chi connectivity index (χ1) is 11.8. The van der Waals surface area contributed by atoms with Crippen molar-refractivity contribution in [2.45, 2.75) is 97.8 Å². The first-order valence-electron chi connectivity index (χ1n) is 10.3. The number of rotatable bonds is 16. The Morgan fingerprint density at radius 2 is 1.25 bits per heavy atom. The van der Waals surface area contributed by atoms with Crippen LogP contribution in [0.4, 0.5) is 0 Å². The van der Waals surface area contributed by atoms with E-state index in [9.17, 15) is 4.79 Å². The number of hydrogen-bond donors (Lipinski definition) is 0. The smallest absolute Gasteiger partial charge is 0.222 e. The van der Waals surface area contributed by atoms with E-state index in [1.165, 1.54) is 57.8 Å². The Balaban J connectivity index is 3.36. The van der Waals surface area contributed by atoms with E-state index >= 15 is 0 Å². The summed E-state index contributed by atoms with van der Waals surface area (Å²) < 4.78 is 0. The standard InChI is InChI=1S/C22H41NO/c1-4-7-8-9-10-11-12-13-14-15-16-17-18-19-20-21-22(24)23(5-2)6-3/h10-11,13-14H,4-9,12,15-21H2,1-3H3. The zero-order valence-electron chi connectivity index (χ0n) is 16.6. The van der Waals surface area contributed by atoms with Gasteiger partial charge in [-0.15, -0.1) is 0 Å². The van der Waals surface area contributed by atoms with Gasteiger partial charge in [-0.05, 0) is 52.4 Å². The van der Waals surface area contributed by atoms with E-state index in [0.29, 0.717) is 5.91 Å². The maximum Gasteiger partial charge on any atom is 0.222 e. The van der Waals surface area contributed by atoms with Crippen LogP contribution in [0.1, 0.15) is 97.8 Å². The first-order valence-corrected chi connectivity index (χ1v) is 10.3. The fourth-order valence-corrected chi connectivity index (χ4v) is 2.82. The van der Waals surface area contributed by atoms with E-state index in [4.69, 9.17) is 0 Å². The normalized spacial score (nSPS) is 11.6. The molecular weight excluding hydrogens is 294 g/mol. The van der Waals surface area contributed by atoms with Gasteiger partial charge in [0.1, 0.15) is 0 Å². The van der Waals surface area contributed by atoms with Crippen LogP contribution in [0.25, 0.3) is 0 Å². The van der Waals surface area contributed by atoms with Crippen molar-refractivity contribution in [1.82, 2.24) is 4.90 Å². The molecule has 0 aromatic carbocycles. The molecule has 0 bridgehead atoms. The van der Waals surface area contributed by atoms with Crippen LogP contribution in [0.2, 0.25) is 0 Å². The lowest BCUT2D eigenvalue weighted by molar-refractivity contribution is -0.130. The minimum Gasteiger partial charge on any atom is -0.343 e. The lowest BCUT2D eigenvalue weighted by Gasteiger charge is -2.18. The number of carbonyl (C=O) groups is 1. The van der Waals surface area contributed by atoms with Crippen molar-refractivity contribution >= 4 is 5.91 Å². The summed E-state index contributed by atoms with van der Waals surface area (Å²) in [6, 6.07) is 0. The van der Waals surface area contributed by atoms with Gasteiger partial charge in [0.25, 0.3) is 0 Å². The predicted molar refractivity (Wildman–Crippen MR) is 107 cm³/mol. The van der Waals surface area contributed by atoms with E-state index in [2.05, 4.69) is 45.1 Å². The van der Waals surface area contributed by atoms with Crippen LogP contribution in [0.5, 0.6) is 0 Å². The van der Waals surface area contributed by atoms with Crippen molar-refractivity contribution in [3.8, 4) is 0 Å². The van der Waals surface area contributed by atoms with Gasteiger partial charge in [-0.3, -0.25) is 4.79 Å². The molecule has 0 aromatic rings. The molecule has 0 unspecified atom stereocenters. The first kappa shape index (κ1) is 22.9. The van der Waals surface area contributed by atoms with Crippen LogP contribution < -0.4 is 0 Å².